The summed E-state index contributed by atoms with van der Waals surface area (Å²) in [5, 5.41) is 3.30. The van der Waals surface area contributed by atoms with Crippen LogP contribution in [0.25, 0.3) is 0 Å². The number of methoxy groups -OCH3 is 2. The average molecular weight is 340 g/mol. The van der Waals surface area contributed by atoms with Gasteiger partial charge in [0.05, 0.1) is 11.6 Å². The minimum atomic E-state index is 0.742. The highest BCUT2D eigenvalue weighted by atomic mass is 79.9. The number of hydrogen-bond acceptors (Lipinski definition) is 4. The topological polar surface area (TPSA) is 48.3 Å². The Balaban J connectivity index is 2.06. The summed E-state index contributed by atoms with van der Waals surface area (Å²) in [5.74, 6) is 1.62. The molecule has 0 aliphatic heterocycles. The number of aryl methyl sites for hydroxylation is 1. The van der Waals surface area contributed by atoms with Crippen LogP contribution in [0.2, 0.25) is 0 Å². The Morgan fingerprint density at radius 3 is 2.90 bits per heavy atom. The van der Waals surface area contributed by atoms with Gasteiger partial charge in [0.2, 0.25) is 5.95 Å². The first-order chi connectivity index (χ1) is 9.74. The van der Waals surface area contributed by atoms with Gasteiger partial charge >= 0.3 is 0 Å². The molecule has 0 bridgehead atoms. The van der Waals surface area contributed by atoms with Crippen LogP contribution >= 0.6 is 15.9 Å². The first kappa shape index (κ1) is 14.9. The minimum absolute atomic E-state index is 0.742. The third kappa shape index (κ3) is 3.74. The molecule has 0 unspecified atom stereocenters. The lowest BCUT2D eigenvalue weighted by Gasteiger charge is -2.11. The monoisotopic (exact) mass is 339 g/mol. The summed E-state index contributed by atoms with van der Waals surface area (Å²) in [6.45, 7) is 1.61. The Morgan fingerprint density at radius 2 is 2.20 bits per heavy atom. The first-order valence-electron chi connectivity index (χ1n) is 6.35. The lowest BCUT2D eigenvalue weighted by molar-refractivity contribution is 0.190. The van der Waals surface area contributed by atoms with Crippen molar-refractivity contribution in [2.45, 2.75) is 13.0 Å². The second-order valence-corrected chi connectivity index (χ2v) is 5.12. The van der Waals surface area contributed by atoms with Gasteiger partial charge < -0.3 is 19.4 Å². The van der Waals surface area contributed by atoms with Crippen LogP contribution < -0.4 is 10.1 Å². The van der Waals surface area contributed by atoms with Gasteiger partial charge in [0.15, 0.2) is 0 Å². The van der Waals surface area contributed by atoms with Gasteiger partial charge in [0.1, 0.15) is 5.75 Å². The molecule has 0 saturated carbocycles. The summed E-state index contributed by atoms with van der Waals surface area (Å²) in [4.78, 5) is 4.33. The van der Waals surface area contributed by atoms with Crippen molar-refractivity contribution in [1.82, 2.24) is 9.55 Å². The largest absolute Gasteiger partial charge is 0.496 e. The van der Waals surface area contributed by atoms with Crippen molar-refractivity contribution in [3.63, 3.8) is 0 Å². The lowest BCUT2D eigenvalue weighted by atomic mass is 10.3. The third-order valence-corrected chi connectivity index (χ3v) is 3.49. The first-order valence-corrected chi connectivity index (χ1v) is 7.14. The molecule has 2 rings (SSSR count). The molecule has 0 fully saturated rings. The molecule has 108 valence electrons. The Morgan fingerprint density at radius 1 is 1.35 bits per heavy atom. The van der Waals surface area contributed by atoms with Gasteiger partial charge in [-0.15, -0.1) is 0 Å². The van der Waals surface area contributed by atoms with Crippen LogP contribution in [-0.2, 0) is 11.3 Å². The smallest absolute Gasteiger partial charge is 0.207 e. The predicted octanol–water partition coefficient (Wildman–Crippen LogP) is 3.43. The van der Waals surface area contributed by atoms with Crippen LogP contribution in [0, 0.1) is 0 Å². The van der Waals surface area contributed by atoms with Crippen molar-refractivity contribution >= 4 is 27.6 Å². The van der Waals surface area contributed by atoms with Crippen molar-refractivity contribution in [3.05, 3.63) is 35.1 Å². The molecule has 1 heterocycles. The number of anilines is 2. The molecule has 0 spiro atoms. The maximum Gasteiger partial charge on any atom is 0.207 e. The van der Waals surface area contributed by atoms with Crippen LogP contribution in [0.4, 0.5) is 11.6 Å². The number of ether oxygens (including phenoxy) is 2. The van der Waals surface area contributed by atoms with Gasteiger partial charge in [0.25, 0.3) is 0 Å². The third-order valence-electron chi connectivity index (χ3n) is 2.87. The van der Waals surface area contributed by atoms with Gasteiger partial charge in [-0.3, -0.25) is 0 Å². The summed E-state index contributed by atoms with van der Waals surface area (Å²) in [6.07, 6.45) is 4.69. The minimum Gasteiger partial charge on any atom is -0.496 e. The highest BCUT2D eigenvalue weighted by molar-refractivity contribution is 9.10. The molecule has 5 nitrogen and oxygen atoms in total. The van der Waals surface area contributed by atoms with E-state index in [1.165, 1.54) is 0 Å². The van der Waals surface area contributed by atoms with E-state index in [1.807, 2.05) is 24.4 Å². The van der Waals surface area contributed by atoms with Crippen LogP contribution in [-0.4, -0.2) is 30.4 Å². The number of imidazole rings is 1. The molecule has 0 radical (unpaired) electrons. The summed E-state index contributed by atoms with van der Waals surface area (Å²) >= 11 is 3.47. The molecule has 0 amide bonds. The molecule has 0 saturated heterocycles. The molecule has 1 N–H and O–H groups in total. The predicted molar refractivity (Wildman–Crippen MR) is 82.7 cm³/mol. The van der Waals surface area contributed by atoms with Crippen molar-refractivity contribution in [1.29, 1.82) is 0 Å². The molecule has 0 aliphatic carbocycles. The SMILES string of the molecule is COCCCn1ccnc1Nc1ccc(OC)c(Br)c1. The number of hydrogen-bond donors (Lipinski definition) is 1. The molecule has 1 aromatic heterocycles. The standard InChI is InChI=1S/C14H18BrN3O2/c1-19-9-3-7-18-8-6-16-14(18)17-11-4-5-13(20-2)12(15)10-11/h4-6,8,10H,3,7,9H2,1-2H3,(H,16,17). The molecule has 0 atom stereocenters. The fourth-order valence-corrected chi connectivity index (χ4v) is 2.41. The Kier molecular flexibility index (Phi) is 5.43. The van der Waals surface area contributed by atoms with Crippen LogP contribution in [0.5, 0.6) is 5.75 Å². The van der Waals surface area contributed by atoms with Crippen LogP contribution in [0.3, 0.4) is 0 Å². The van der Waals surface area contributed by atoms with E-state index < -0.39 is 0 Å². The van der Waals surface area contributed by atoms with Crippen molar-refractivity contribution in [2.24, 2.45) is 0 Å². The Bertz CT molecular complexity index is 557. The second kappa shape index (κ2) is 7.31. The van der Waals surface area contributed by atoms with Gasteiger partial charge in [-0.1, -0.05) is 0 Å². The van der Waals surface area contributed by atoms with E-state index in [1.54, 1.807) is 20.4 Å². The zero-order valence-electron chi connectivity index (χ0n) is 11.6. The highest BCUT2D eigenvalue weighted by Gasteiger charge is 2.05. The van der Waals surface area contributed by atoms with Crippen molar-refractivity contribution in [2.75, 3.05) is 26.1 Å². The van der Waals surface area contributed by atoms with E-state index in [2.05, 4.69) is 30.8 Å². The van der Waals surface area contributed by atoms with E-state index >= 15 is 0 Å². The molecule has 6 heteroatoms. The zero-order chi connectivity index (χ0) is 14.4. The number of halogens is 1. The van der Waals surface area contributed by atoms with Gasteiger partial charge in [-0.25, -0.2) is 4.98 Å². The quantitative estimate of drug-likeness (QED) is 0.785. The van der Waals surface area contributed by atoms with Crippen molar-refractivity contribution < 1.29 is 9.47 Å². The molecule has 1 aromatic carbocycles. The summed E-state index contributed by atoms with van der Waals surface area (Å²) in [6, 6.07) is 5.83. The fourth-order valence-electron chi connectivity index (χ4n) is 1.87. The van der Waals surface area contributed by atoms with E-state index in [9.17, 15) is 0 Å². The van der Waals surface area contributed by atoms with Gasteiger partial charge in [0, 0.05) is 38.3 Å². The lowest BCUT2D eigenvalue weighted by Crippen LogP contribution is -2.05. The van der Waals surface area contributed by atoms with E-state index in [0.717, 1.165) is 41.4 Å². The van der Waals surface area contributed by atoms with E-state index in [0.29, 0.717) is 0 Å². The number of nitrogens with one attached hydrogen (secondary N) is 1. The maximum absolute atomic E-state index is 5.21. The van der Waals surface area contributed by atoms with Gasteiger partial charge in [-0.05, 0) is 40.5 Å². The zero-order valence-corrected chi connectivity index (χ0v) is 13.2. The second-order valence-electron chi connectivity index (χ2n) is 4.26. The maximum atomic E-state index is 5.21. The number of aromatic nitrogens is 2. The fraction of sp³-hybridized carbons (Fsp3) is 0.357. The van der Waals surface area contributed by atoms with E-state index in [4.69, 9.17) is 9.47 Å². The summed E-state index contributed by atoms with van der Waals surface area (Å²) in [5.41, 5.74) is 0.955. The average Bonchev–Trinajstić information content (AvgIpc) is 2.87. The summed E-state index contributed by atoms with van der Waals surface area (Å²) < 4.78 is 13.3. The number of nitrogens with zero attached hydrogens (tertiary/aromatic N) is 2. The molecular formula is C14H18BrN3O2. The molecule has 0 aliphatic rings. The number of benzene rings is 1. The Labute approximate surface area is 127 Å². The Hall–Kier alpha value is -1.53. The molecule has 2 aromatic rings. The number of rotatable bonds is 7. The van der Waals surface area contributed by atoms with Crippen LogP contribution in [0.15, 0.2) is 35.1 Å². The van der Waals surface area contributed by atoms with E-state index in [-0.39, 0.29) is 0 Å². The van der Waals surface area contributed by atoms with Gasteiger partial charge in [-0.2, -0.15) is 0 Å². The summed E-state index contributed by atoms with van der Waals surface area (Å²) in [7, 11) is 3.36. The molecular weight excluding hydrogens is 322 g/mol. The normalized spacial score (nSPS) is 10.6. The molecule has 20 heavy (non-hydrogen) atoms. The highest BCUT2D eigenvalue weighted by Crippen LogP contribution is 2.28. The van der Waals surface area contributed by atoms with Crippen LogP contribution in [0.1, 0.15) is 6.42 Å². The van der Waals surface area contributed by atoms with Crippen molar-refractivity contribution in [3.8, 4) is 5.75 Å².